The van der Waals surface area contributed by atoms with Crippen molar-refractivity contribution in [1.29, 1.82) is 0 Å². The molecule has 1 atom stereocenters. The lowest BCUT2D eigenvalue weighted by molar-refractivity contribution is -0.124. The minimum absolute atomic E-state index is 0.0223. The van der Waals surface area contributed by atoms with E-state index in [-0.39, 0.29) is 11.9 Å². The third-order valence-electron chi connectivity index (χ3n) is 2.57. The average Bonchev–Trinajstić information content (AvgIpc) is 2.25. The number of amides is 1. The summed E-state index contributed by atoms with van der Waals surface area (Å²) in [6, 6.07) is 0.162. The number of hydrogen-bond donors (Lipinski definition) is 1. The van der Waals surface area contributed by atoms with Crippen LogP contribution in [0.1, 0.15) is 27.2 Å². The molecule has 0 aliphatic rings. The van der Waals surface area contributed by atoms with Crippen LogP contribution < -0.4 is 5.73 Å². The van der Waals surface area contributed by atoms with Crippen LogP contribution in [-0.2, 0) is 4.79 Å². The second-order valence-electron chi connectivity index (χ2n) is 4.34. The van der Waals surface area contributed by atoms with Crippen LogP contribution in [-0.4, -0.2) is 30.4 Å². The van der Waals surface area contributed by atoms with Crippen LogP contribution in [0.5, 0.6) is 0 Å². The lowest BCUT2D eigenvalue weighted by Crippen LogP contribution is -2.33. The highest BCUT2D eigenvalue weighted by atomic mass is 16.2. The van der Waals surface area contributed by atoms with Crippen LogP contribution in [0.2, 0.25) is 0 Å². The fourth-order valence-electron chi connectivity index (χ4n) is 1.16. The molecule has 3 heteroatoms. The quantitative estimate of drug-likeness (QED) is 0.553. The molecular weight excluding hydrogens is 200 g/mol. The van der Waals surface area contributed by atoms with Crippen molar-refractivity contribution in [3.63, 3.8) is 0 Å². The zero-order valence-electron chi connectivity index (χ0n) is 10.8. The molecule has 0 rings (SSSR count). The predicted molar refractivity (Wildman–Crippen MR) is 69.0 cm³/mol. The van der Waals surface area contributed by atoms with Crippen LogP contribution in [0.25, 0.3) is 0 Å². The van der Waals surface area contributed by atoms with Gasteiger partial charge in [-0.1, -0.05) is 32.1 Å². The molecule has 0 spiro atoms. The molecule has 1 amide bonds. The number of likely N-dealkylation sites (N-methyl/N-ethyl adjacent to an activating group) is 1. The van der Waals surface area contributed by atoms with Gasteiger partial charge in [-0.05, 0) is 19.3 Å². The first-order valence-electron chi connectivity index (χ1n) is 5.79. The van der Waals surface area contributed by atoms with Crippen LogP contribution in [0.3, 0.4) is 0 Å². The van der Waals surface area contributed by atoms with Crippen molar-refractivity contribution in [2.75, 3.05) is 13.6 Å². The second-order valence-corrected chi connectivity index (χ2v) is 4.34. The zero-order valence-corrected chi connectivity index (χ0v) is 10.8. The summed E-state index contributed by atoms with van der Waals surface area (Å²) in [5, 5.41) is 0. The molecule has 0 saturated carbocycles. The Hall–Kier alpha value is -1.09. The second kappa shape index (κ2) is 8.11. The molecule has 0 aromatic rings. The maximum Gasteiger partial charge on any atom is 0.246 e. The van der Waals surface area contributed by atoms with Gasteiger partial charge in [0.15, 0.2) is 0 Å². The van der Waals surface area contributed by atoms with Crippen molar-refractivity contribution >= 4 is 5.91 Å². The number of carbonyl (C=O) groups is 1. The Kier molecular flexibility index (Phi) is 7.56. The summed E-state index contributed by atoms with van der Waals surface area (Å²) < 4.78 is 0. The molecule has 0 aromatic carbocycles. The fraction of sp³-hybridized carbons (Fsp3) is 0.615. The van der Waals surface area contributed by atoms with Gasteiger partial charge in [0.25, 0.3) is 0 Å². The third kappa shape index (κ3) is 6.40. The van der Waals surface area contributed by atoms with Crippen molar-refractivity contribution in [1.82, 2.24) is 4.90 Å². The molecule has 1 unspecified atom stereocenters. The molecule has 0 aliphatic carbocycles. The first-order valence-corrected chi connectivity index (χ1v) is 5.79. The van der Waals surface area contributed by atoms with Gasteiger partial charge < -0.3 is 10.6 Å². The number of allylic oxidation sites excluding steroid dienone is 3. The van der Waals surface area contributed by atoms with E-state index in [0.717, 1.165) is 6.42 Å². The summed E-state index contributed by atoms with van der Waals surface area (Å²) in [4.78, 5) is 13.3. The molecule has 0 radical (unpaired) electrons. The monoisotopic (exact) mass is 224 g/mol. The van der Waals surface area contributed by atoms with Gasteiger partial charge in [0.1, 0.15) is 0 Å². The third-order valence-corrected chi connectivity index (χ3v) is 2.57. The largest absolute Gasteiger partial charge is 0.342 e. The zero-order chi connectivity index (χ0) is 12.6. The van der Waals surface area contributed by atoms with E-state index >= 15 is 0 Å². The molecule has 0 aliphatic heterocycles. The molecule has 0 fully saturated rings. The summed E-state index contributed by atoms with van der Waals surface area (Å²) in [6.07, 6.45) is 7.89. The van der Waals surface area contributed by atoms with Crippen LogP contribution in [0, 0.1) is 5.92 Å². The normalized spacial score (nSPS) is 13.9. The molecule has 2 N–H and O–H groups in total. The van der Waals surface area contributed by atoms with Crippen LogP contribution in [0.4, 0.5) is 0 Å². The minimum Gasteiger partial charge on any atom is -0.342 e. The Morgan fingerprint density at radius 3 is 2.50 bits per heavy atom. The molecule has 0 bridgehead atoms. The van der Waals surface area contributed by atoms with E-state index in [2.05, 4.69) is 13.8 Å². The van der Waals surface area contributed by atoms with Crippen molar-refractivity contribution in [3.8, 4) is 0 Å². The smallest absolute Gasteiger partial charge is 0.246 e. The van der Waals surface area contributed by atoms with E-state index in [1.807, 2.05) is 19.1 Å². The van der Waals surface area contributed by atoms with Gasteiger partial charge in [0.2, 0.25) is 5.91 Å². The van der Waals surface area contributed by atoms with Gasteiger partial charge in [-0.15, -0.1) is 0 Å². The van der Waals surface area contributed by atoms with Crippen LogP contribution >= 0.6 is 0 Å². The molecule has 0 saturated heterocycles. The topological polar surface area (TPSA) is 46.3 Å². The molecule has 3 nitrogen and oxygen atoms in total. The Balaban J connectivity index is 3.97. The predicted octanol–water partition coefficient (Wildman–Crippen LogP) is 1.95. The lowest BCUT2D eigenvalue weighted by Gasteiger charge is -2.20. The highest BCUT2D eigenvalue weighted by Gasteiger charge is 2.10. The van der Waals surface area contributed by atoms with Crippen molar-refractivity contribution in [2.45, 2.75) is 33.2 Å². The van der Waals surface area contributed by atoms with Gasteiger partial charge in [-0.25, -0.2) is 0 Å². The molecule has 92 valence electrons. The van der Waals surface area contributed by atoms with E-state index in [0.29, 0.717) is 12.5 Å². The van der Waals surface area contributed by atoms with Gasteiger partial charge in [-0.2, -0.15) is 0 Å². The van der Waals surface area contributed by atoms with Gasteiger partial charge in [-0.3, -0.25) is 4.79 Å². The first-order chi connectivity index (χ1) is 7.49. The summed E-state index contributed by atoms with van der Waals surface area (Å²) in [5.74, 6) is 0.483. The Labute approximate surface area is 99.0 Å². The molecule has 16 heavy (non-hydrogen) atoms. The van der Waals surface area contributed by atoms with Crippen LogP contribution in [0.15, 0.2) is 24.3 Å². The van der Waals surface area contributed by atoms with E-state index in [1.165, 1.54) is 0 Å². The summed E-state index contributed by atoms with van der Waals surface area (Å²) in [5.41, 5.74) is 5.92. The molecule has 0 aromatic heterocycles. The number of nitrogens with zero attached hydrogens (tertiary/aromatic N) is 1. The summed E-state index contributed by atoms with van der Waals surface area (Å²) >= 11 is 0. The lowest BCUT2D eigenvalue weighted by atomic mass is 10.0. The SMILES string of the molecule is C/C=C/C=CC(=O)N(C)CCC(N)C(C)C. The average molecular weight is 224 g/mol. The maximum atomic E-state index is 11.6. The Morgan fingerprint density at radius 1 is 1.38 bits per heavy atom. The van der Waals surface area contributed by atoms with E-state index < -0.39 is 0 Å². The molecular formula is C13H24N2O. The summed E-state index contributed by atoms with van der Waals surface area (Å²) in [7, 11) is 1.80. The van der Waals surface area contributed by atoms with E-state index in [4.69, 9.17) is 5.73 Å². The Bertz CT molecular complexity index is 257. The van der Waals surface area contributed by atoms with E-state index in [9.17, 15) is 4.79 Å². The van der Waals surface area contributed by atoms with Gasteiger partial charge >= 0.3 is 0 Å². The fourth-order valence-corrected chi connectivity index (χ4v) is 1.16. The van der Waals surface area contributed by atoms with Gasteiger partial charge in [0, 0.05) is 25.7 Å². The number of carbonyl (C=O) groups excluding carboxylic acids is 1. The highest BCUT2D eigenvalue weighted by molar-refractivity contribution is 5.87. The maximum absolute atomic E-state index is 11.6. The van der Waals surface area contributed by atoms with E-state index in [1.54, 1.807) is 24.1 Å². The van der Waals surface area contributed by atoms with Crippen molar-refractivity contribution in [3.05, 3.63) is 24.3 Å². The Morgan fingerprint density at radius 2 is 2.00 bits per heavy atom. The molecule has 0 heterocycles. The number of hydrogen-bond acceptors (Lipinski definition) is 2. The highest BCUT2D eigenvalue weighted by Crippen LogP contribution is 2.03. The minimum atomic E-state index is 0.0223. The van der Waals surface area contributed by atoms with Crippen molar-refractivity contribution in [2.24, 2.45) is 11.7 Å². The van der Waals surface area contributed by atoms with Gasteiger partial charge in [0.05, 0.1) is 0 Å². The first kappa shape index (κ1) is 14.9. The number of nitrogens with two attached hydrogens (primary N) is 1. The van der Waals surface area contributed by atoms with Crippen molar-refractivity contribution < 1.29 is 4.79 Å². The standard InChI is InChI=1S/C13H24N2O/c1-5-6-7-8-13(16)15(4)10-9-12(14)11(2)3/h5-8,11-12H,9-10,14H2,1-4H3/b6-5+,8-7?. The number of rotatable bonds is 6. The summed E-state index contributed by atoms with van der Waals surface area (Å²) in [6.45, 7) is 6.81.